The van der Waals surface area contributed by atoms with Crippen molar-refractivity contribution in [2.45, 2.75) is 13.0 Å². The molecule has 9 nitrogen and oxygen atoms in total. The van der Waals surface area contributed by atoms with Gasteiger partial charge in [0.05, 0.1) is 46.9 Å². The largest absolute Gasteiger partial charge is 0.504 e. The van der Waals surface area contributed by atoms with Gasteiger partial charge in [-0.25, -0.2) is 0 Å². The highest BCUT2D eigenvalue weighted by atomic mass is 16.5. The zero-order chi connectivity index (χ0) is 27.8. The summed E-state index contributed by atoms with van der Waals surface area (Å²) in [7, 11) is 7.59. The highest BCUT2D eigenvalue weighted by molar-refractivity contribution is 6.04. The average molecular weight is 532 g/mol. The molecule has 2 heterocycles. The van der Waals surface area contributed by atoms with Gasteiger partial charge >= 0.3 is 0 Å². The van der Waals surface area contributed by atoms with Gasteiger partial charge in [0.15, 0.2) is 40.8 Å². The molecule has 1 aromatic heterocycles. The Bertz CT molecular complexity index is 1590. The van der Waals surface area contributed by atoms with Gasteiger partial charge in [0.25, 0.3) is 0 Å². The van der Waals surface area contributed by atoms with Crippen molar-refractivity contribution >= 4 is 6.29 Å². The number of aromatic hydroxyl groups is 2. The molecule has 9 heteroatoms. The van der Waals surface area contributed by atoms with Crippen LogP contribution in [-0.4, -0.2) is 56.6 Å². The summed E-state index contributed by atoms with van der Waals surface area (Å²) in [6, 6.07) is 12.1. The predicted octanol–water partition coefficient (Wildman–Crippen LogP) is 5.31. The van der Waals surface area contributed by atoms with Crippen molar-refractivity contribution in [3.05, 3.63) is 53.7 Å². The maximum atomic E-state index is 12.8. The van der Waals surface area contributed by atoms with Crippen LogP contribution in [0.5, 0.6) is 40.2 Å². The van der Waals surface area contributed by atoms with Crippen molar-refractivity contribution in [2.75, 3.05) is 35.5 Å². The molecule has 0 radical (unpaired) electrons. The summed E-state index contributed by atoms with van der Waals surface area (Å²) in [5.41, 5.74) is 5.53. The van der Waals surface area contributed by atoms with Gasteiger partial charge in [-0.05, 0) is 47.9 Å². The van der Waals surface area contributed by atoms with E-state index in [0.717, 1.165) is 23.1 Å². The van der Waals surface area contributed by atoms with Gasteiger partial charge in [0.2, 0.25) is 0 Å². The van der Waals surface area contributed by atoms with E-state index in [1.165, 1.54) is 27.4 Å². The summed E-state index contributed by atoms with van der Waals surface area (Å²) in [4.78, 5) is 12.8. The lowest BCUT2D eigenvalue weighted by atomic mass is 9.89. The van der Waals surface area contributed by atoms with E-state index in [1.54, 1.807) is 32.4 Å². The second-order valence-corrected chi connectivity index (χ2v) is 8.98. The summed E-state index contributed by atoms with van der Waals surface area (Å²) in [5.74, 6) is 1.91. The molecule has 4 aromatic rings. The van der Waals surface area contributed by atoms with E-state index in [4.69, 9.17) is 23.7 Å². The van der Waals surface area contributed by atoms with Crippen LogP contribution in [0.3, 0.4) is 0 Å². The highest BCUT2D eigenvalue weighted by Crippen LogP contribution is 2.52. The zero-order valence-electron chi connectivity index (χ0n) is 22.3. The number of carbonyl (C=O) groups is 1. The molecule has 39 heavy (non-hydrogen) atoms. The molecular weight excluding hydrogens is 502 g/mol. The van der Waals surface area contributed by atoms with Crippen LogP contribution >= 0.6 is 0 Å². The molecule has 0 fully saturated rings. The van der Waals surface area contributed by atoms with Crippen molar-refractivity contribution in [1.29, 1.82) is 0 Å². The van der Waals surface area contributed by atoms with Gasteiger partial charge in [-0.15, -0.1) is 0 Å². The molecule has 0 amide bonds. The maximum Gasteiger partial charge on any atom is 0.167 e. The number of aromatic nitrogens is 1. The first-order valence-corrected chi connectivity index (χ1v) is 12.2. The number of rotatable bonds is 8. The van der Waals surface area contributed by atoms with Crippen LogP contribution in [0, 0.1) is 0 Å². The Labute approximate surface area is 225 Å². The number of fused-ring (bicyclic) bond motifs is 3. The molecule has 0 atom stereocenters. The van der Waals surface area contributed by atoms with Crippen molar-refractivity contribution in [3.63, 3.8) is 0 Å². The molecule has 0 saturated carbocycles. The number of aryl methyl sites for hydroxylation is 1. The van der Waals surface area contributed by atoms with E-state index in [1.807, 2.05) is 22.8 Å². The number of carbonyl (C=O) groups excluding carboxylic acids is 1. The van der Waals surface area contributed by atoms with E-state index in [0.29, 0.717) is 63.9 Å². The van der Waals surface area contributed by atoms with Gasteiger partial charge in [-0.1, -0.05) is 6.07 Å². The number of methoxy groups -OCH3 is 5. The van der Waals surface area contributed by atoms with E-state index in [9.17, 15) is 15.0 Å². The van der Waals surface area contributed by atoms with Crippen LogP contribution < -0.4 is 23.7 Å². The van der Waals surface area contributed by atoms with Crippen LogP contribution in [-0.2, 0) is 13.0 Å². The van der Waals surface area contributed by atoms with Crippen molar-refractivity contribution < 1.29 is 38.7 Å². The highest BCUT2D eigenvalue weighted by Gasteiger charge is 2.32. The Balaban J connectivity index is 1.94. The van der Waals surface area contributed by atoms with Gasteiger partial charge in [-0.2, -0.15) is 0 Å². The molecule has 0 aliphatic carbocycles. The van der Waals surface area contributed by atoms with Gasteiger partial charge in [0.1, 0.15) is 5.75 Å². The summed E-state index contributed by atoms with van der Waals surface area (Å²) < 4.78 is 29.5. The number of nitrogens with zero attached hydrogens (tertiary/aromatic N) is 1. The first kappa shape index (κ1) is 25.8. The van der Waals surface area contributed by atoms with Crippen molar-refractivity contribution in [3.8, 4) is 73.8 Å². The summed E-state index contributed by atoms with van der Waals surface area (Å²) in [6.07, 6.45) is 1.47. The van der Waals surface area contributed by atoms with E-state index in [2.05, 4.69) is 0 Å². The third kappa shape index (κ3) is 4.06. The van der Waals surface area contributed by atoms with E-state index >= 15 is 0 Å². The Hall–Kier alpha value is -4.79. The molecule has 5 rings (SSSR count). The normalized spacial score (nSPS) is 11.8. The monoisotopic (exact) mass is 531 g/mol. The van der Waals surface area contributed by atoms with Crippen molar-refractivity contribution in [2.24, 2.45) is 0 Å². The van der Waals surface area contributed by atoms with Crippen LogP contribution in [0.25, 0.3) is 33.5 Å². The number of aldehydes is 1. The Morgan fingerprint density at radius 1 is 0.692 bits per heavy atom. The molecule has 3 aromatic carbocycles. The second kappa shape index (κ2) is 10.2. The molecule has 1 aliphatic heterocycles. The van der Waals surface area contributed by atoms with Crippen LogP contribution in [0.4, 0.5) is 0 Å². The average Bonchev–Trinajstić information content (AvgIpc) is 3.30. The number of phenols is 2. The van der Waals surface area contributed by atoms with E-state index in [-0.39, 0.29) is 17.2 Å². The van der Waals surface area contributed by atoms with E-state index < -0.39 is 0 Å². The fraction of sp³-hybridized carbons (Fsp3) is 0.233. The maximum absolute atomic E-state index is 12.8. The summed E-state index contributed by atoms with van der Waals surface area (Å²) >= 11 is 0. The molecule has 202 valence electrons. The summed E-state index contributed by atoms with van der Waals surface area (Å²) in [6.45, 7) is 0.526. The van der Waals surface area contributed by atoms with Crippen LogP contribution in [0.1, 0.15) is 16.1 Å². The summed E-state index contributed by atoms with van der Waals surface area (Å²) in [5, 5.41) is 21.2. The number of benzene rings is 3. The minimum absolute atomic E-state index is 0.0489. The van der Waals surface area contributed by atoms with Crippen LogP contribution in [0.2, 0.25) is 0 Å². The topological polar surface area (TPSA) is 109 Å². The predicted molar refractivity (Wildman–Crippen MR) is 146 cm³/mol. The van der Waals surface area contributed by atoms with Gasteiger partial charge in [-0.3, -0.25) is 4.79 Å². The SMILES string of the molecule is COc1ccc(-c2c(-c3cc(OC)c(O)cc3OC)c(C=O)n3c2-c2cc(OC)c(OC)cc2CC3)cc1O. The second-order valence-electron chi connectivity index (χ2n) is 8.98. The minimum atomic E-state index is -0.0967. The number of phenolic OH excluding ortho intramolecular Hbond substituents is 2. The van der Waals surface area contributed by atoms with Crippen LogP contribution in [0.15, 0.2) is 42.5 Å². The number of hydrogen-bond acceptors (Lipinski definition) is 8. The quantitative estimate of drug-likeness (QED) is 0.295. The fourth-order valence-electron chi connectivity index (χ4n) is 5.33. The molecule has 1 aliphatic rings. The minimum Gasteiger partial charge on any atom is -0.504 e. The molecule has 0 saturated heterocycles. The molecule has 2 N–H and O–H groups in total. The lowest BCUT2D eigenvalue weighted by molar-refractivity contribution is 0.111. The standard InChI is InChI=1S/C30H29NO8/c1-35-23-7-6-17(10-21(23)33)28-29(19-13-25(37-3)22(34)14-24(19)36-2)20(15-32)31-9-8-16-11-26(38-4)27(39-5)12-18(16)30(28)31/h6-7,10-15,33-34H,8-9H2,1-5H3. The molecule has 0 bridgehead atoms. The Morgan fingerprint density at radius 3 is 1.92 bits per heavy atom. The Morgan fingerprint density at radius 2 is 1.31 bits per heavy atom. The molecular formula is C30H29NO8. The number of hydrogen-bond donors (Lipinski definition) is 2. The lowest BCUT2D eigenvalue weighted by Crippen LogP contribution is -2.13. The van der Waals surface area contributed by atoms with Gasteiger partial charge in [0, 0.05) is 34.9 Å². The zero-order valence-corrected chi connectivity index (χ0v) is 22.3. The molecule has 0 spiro atoms. The smallest absolute Gasteiger partial charge is 0.167 e. The first-order valence-electron chi connectivity index (χ1n) is 12.2. The Kier molecular flexibility index (Phi) is 6.74. The number of ether oxygens (including phenoxy) is 5. The molecule has 0 unspecified atom stereocenters. The third-order valence-corrected chi connectivity index (χ3v) is 7.12. The third-order valence-electron chi connectivity index (χ3n) is 7.12. The van der Waals surface area contributed by atoms with Crippen molar-refractivity contribution in [1.82, 2.24) is 4.57 Å². The van der Waals surface area contributed by atoms with Gasteiger partial charge < -0.3 is 38.5 Å². The lowest BCUT2D eigenvalue weighted by Gasteiger charge is -2.23. The first-order chi connectivity index (χ1) is 18.9. The fourth-order valence-corrected chi connectivity index (χ4v) is 5.33.